The molecule has 6 heteroatoms. The van der Waals surface area contributed by atoms with E-state index in [1.54, 1.807) is 0 Å². The Morgan fingerprint density at radius 3 is 2.47 bits per heavy atom. The fourth-order valence-electron chi connectivity index (χ4n) is 1.43. The Bertz CT molecular complexity index is 647. The van der Waals surface area contributed by atoms with Gasteiger partial charge in [0.05, 0.1) is 4.47 Å². The van der Waals surface area contributed by atoms with Crippen LogP contribution in [-0.4, -0.2) is 11.0 Å². The third kappa shape index (κ3) is 3.08. The van der Waals surface area contributed by atoms with Crippen LogP contribution < -0.4 is 5.32 Å². The van der Waals surface area contributed by atoms with Crippen molar-refractivity contribution in [1.82, 2.24) is 0 Å². The number of hydrogen-bond donors (Lipinski definition) is 2. The normalized spacial score (nSPS) is 10.3. The minimum absolute atomic E-state index is 0.106. The lowest BCUT2D eigenvalue weighted by molar-refractivity contribution is 0.102. The predicted octanol–water partition coefficient (Wildman–Crippen LogP) is 3.69. The number of benzene rings is 2. The van der Waals surface area contributed by atoms with Gasteiger partial charge in [0, 0.05) is 17.3 Å². The molecule has 0 spiro atoms. The van der Waals surface area contributed by atoms with Crippen LogP contribution in [0.5, 0.6) is 5.75 Å². The molecule has 0 saturated carbocycles. The van der Waals surface area contributed by atoms with E-state index in [0.717, 1.165) is 18.2 Å². The maximum atomic E-state index is 13.3. The summed E-state index contributed by atoms with van der Waals surface area (Å²) in [4.78, 5) is 11.8. The average molecular weight is 328 g/mol. The molecule has 98 valence electrons. The summed E-state index contributed by atoms with van der Waals surface area (Å²) in [5.41, 5.74) is 0.276. The summed E-state index contributed by atoms with van der Waals surface area (Å²) in [5.74, 6) is -2.49. The van der Waals surface area contributed by atoms with Crippen molar-refractivity contribution in [2.75, 3.05) is 5.32 Å². The van der Waals surface area contributed by atoms with Crippen LogP contribution in [0.2, 0.25) is 0 Å². The second-order valence-electron chi connectivity index (χ2n) is 3.75. The minimum Gasteiger partial charge on any atom is -0.505 e. The summed E-state index contributed by atoms with van der Waals surface area (Å²) < 4.78 is 26.6. The van der Waals surface area contributed by atoms with Gasteiger partial charge in [-0.1, -0.05) is 0 Å². The van der Waals surface area contributed by atoms with Gasteiger partial charge in [0.25, 0.3) is 5.91 Å². The third-order valence-corrected chi connectivity index (χ3v) is 3.03. The van der Waals surface area contributed by atoms with E-state index in [4.69, 9.17) is 5.11 Å². The molecule has 0 aliphatic heterocycles. The number of halogens is 3. The Hall–Kier alpha value is -1.95. The van der Waals surface area contributed by atoms with E-state index in [1.165, 1.54) is 18.2 Å². The van der Waals surface area contributed by atoms with Crippen LogP contribution in [0, 0.1) is 11.6 Å². The molecule has 0 bridgehead atoms. The van der Waals surface area contributed by atoms with E-state index in [-0.39, 0.29) is 15.7 Å². The molecule has 0 aliphatic carbocycles. The summed E-state index contributed by atoms with van der Waals surface area (Å²) >= 11 is 2.98. The fraction of sp³-hybridized carbons (Fsp3) is 0. The number of hydrogen-bond acceptors (Lipinski definition) is 2. The van der Waals surface area contributed by atoms with Gasteiger partial charge < -0.3 is 10.4 Å². The summed E-state index contributed by atoms with van der Waals surface area (Å²) in [6.45, 7) is 0. The molecular weight excluding hydrogens is 320 g/mol. The maximum Gasteiger partial charge on any atom is 0.255 e. The summed E-state index contributed by atoms with van der Waals surface area (Å²) in [6, 6.07) is 7.33. The van der Waals surface area contributed by atoms with E-state index in [2.05, 4.69) is 21.2 Å². The van der Waals surface area contributed by atoms with Crippen molar-refractivity contribution in [2.24, 2.45) is 0 Å². The highest BCUT2D eigenvalue weighted by Crippen LogP contribution is 2.21. The van der Waals surface area contributed by atoms with Gasteiger partial charge in [0.1, 0.15) is 5.82 Å². The lowest BCUT2D eigenvalue weighted by atomic mass is 10.2. The number of carbonyl (C=O) groups is 1. The minimum atomic E-state index is -0.847. The molecule has 2 rings (SSSR count). The largest absolute Gasteiger partial charge is 0.505 e. The Morgan fingerprint density at radius 2 is 1.84 bits per heavy atom. The Labute approximate surface area is 116 Å². The molecule has 3 nitrogen and oxygen atoms in total. The molecule has 1 amide bonds. The quantitative estimate of drug-likeness (QED) is 0.826. The molecule has 0 aromatic heterocycles. The fourth-order valence-corrected chi connectivity index (χ4v) is 1.67. The molecule has 2 aromatic rings. The predicted molar refractivity (Wildman–Crippen MR) is 70.1 cm³/mol. The van der Waals surface area contributed by atoms with Crippen LogP contribution in [-0.2, 0) is 0 Å². The zero-order valence-electron chi connectivity index (χ0n) is 9.45. The van der Waals surface area contributed by atoms with Crippen molar-refractivity contribution in [3.05, 3.63) is 58.1 Å². The first-order valence-corrected chi connectivity index (χ1v) is 6.01. The monoisotopic (exact) mass is 327 g/mol. The van der Waals surface area contributed by atoms with Gasteiger partial charge >= 0.3 is 0 Å². The van der Waals surface area contributed by atoms with Gasteiger partial charge in [-0.05, 0) is 46.3 Å². The second-order valence-corrected chi connectivity index (χ2v) is 4.60. The van der Waals surface area contributed by atoms with Gasteiger partial charge in [-0.2, -0.15) is 0 Å². The summed E-state index contributed by atoms with van der Waals surface area (Å²) in [6.07, 6.45) is 0. The molecule has 0 unspecified atom stereocenters. The van der Waals surface area contributed by atoms with Crippen molar-refractivity contribution >= 4 is 27.5 Å². The Balaban J connectivity index is 2.20. The molecule has 19 heavy (non-hydrogen) atoms. The number of carbonyl (C=O) groups excluding carboxylic acids is 1. The SMILES string of the molecule is O=C(Nc1ccc(O)c(F)c1)c1ccc(Br)c(F)c1. The molecule has 0 aliphatic rings. The van der Waals surface area contributed by atoms with E-state index in [0.29, 0.717) is 0 Å². The van der Waals surface area contributed by atoms with Crippen molar-refractivity contribution in [3.8, 4) is 5.75 Å². The zero-order chi connectivity index (χ0) is 14.0. The number of phenols is 1. The van der Waals surface area contributed by atoms with Gasteiger partial charge in [-0.25, -0.2) is 8.78 Å². The van der Waals surface area contributed by atoms with Gasteiger partial charge in [-0.3, -0.25) is 4.79 Å². The van der Waals surface area contributed by atoms with Crippen LogP contribution >= 0.6 is 15.9 Å². The van der Waals surface area contributed by atoms with Crippen molar-refractivity contribution in [3.63, 3.8) is 0 Å². The number of rotatable bonds is 2. The summed E-state index contributed by atoms with van der Waals surface area (Å²) in [5, 5.41) is 11.4. The molecule has 2 N–H and O–H groups in total. The van der Waals surface area contributed by atoms with Gasteiger partial charge in [-0.15, -0.1) is 0 Å². The van der Waals surface area contributed by atoms with Crippen molar-refractivity contribution in [1.29, 1.82) is 0 Å². The van der Waals surface area contributed by atoms with Crippen LogP contribution in [0.3, 0.4) is 0 Å². The maximum absolute atomic E-state index is 13.3. The lowest BCUT2D eigenvalue weighted by Crippen LogP contribution is -2.12. The topological polar surface area (TPSA) is 49.3 Å². The lowest BCUT2D eigenvalue weighted by Gasteiger charge is -2.06. The van der Waals surface area contributed by atoms with Gasteiger partial charge in [0.2, 0.25) is 0 Å². The zero-order valence-corrected chi connectivity index (χ0v) is 11.0. The second kappa shape index (κ2) is 5.36. The number of nitrogens with one attached hydrogen (secondary N) is 1. The first kappa shape index (κ1) is 13.5. The van der Waals surface area contributed by atoms with E-state index in [9.17, 15) is 13.6 Å². The first-order chi connectivity index (χ1) is 8.97. The molecule has 0 atom stereocenters. The van der Waals surface area contributed by atoms with Crippen LogP contribution in [0.4, 0.5) is 14.5 Å². The summed E-state index contributed by atoms with van der Waals surface area (Å²) in [7, 11) is 0. The molecule has 0 fully saturated rings. The highest BCUT2D eigenvalue weighted by atomic mass is 79.9. The van der Waals surface area contributed by atoms with E-state index < -0.39 is 23.3 Å². The Kier molecular flexibility index (Phi) is 3.80. The van der Waals surface area contributed by atoms with Crippen LogP contribution in [0.15, 0.2) is 40.9 Å². The number of aromatic hydroxyl groups is 1. The van der Waals surface area contributed by atoms with Crippen molar-refractivity contribution < 1.29 is 18.7 Å². The van der Waals surface area contributed by atoms with E-state index >= 15 is 0 Å². The standard InChI is InChI=1S/C13H8BrF2NO2/c14-9-3-1-7(5-10(9)15)13(19)17-8-2-4-12(18)11(16)6-8/h1-6,18H,(H,17,19). The first-order valence-electron chi connectivity index (χ1n) is 5.22. The highest BCUT2D eigenvalue weighted by molar-refractivity contribution is 9.10. The smallest absolute Gasteiger partial charge is 0.255 e. The van der Waals surface area contributed by atoms with Crippen LogP contribution in [0.25, 0.3) is 0 Å². The highest BCUT2D eigenvalue weighted by Gasteiger charge is 2.10. The molecule has 0 saturated heterocycles. The Morgan fingerprint density at radius 1 is 1.11 bits per heavy atom. The molecular formula is C13H8BrF2NO2. The number of anilines is 1. The number of phenolic OH excluding ortho intramolecular Hbond substituents is 1. The van der Waals surface area contributed by atoms with Crippen LogP contribution in [0.1, 0.15) is 10.4 Å². The molecule has 2 aromatic carbocycles. The average Bonchev–Trinajstić information content (AvgIpc) is 2.37. The van der Waals surface area contributed by atoms with Gasteiger partial charge in [0.15, 0.2) is 11.6 Å². The molecule has 0 heterocycles. The third-order valence-electron chi connectivity index (χ3n) is 2.39. The van der Waals surface area contributed by atoms with Crippen molar-refractivity contribution in [2.45, 2.75) is 0 Å². The number of amides is 1. The molecule has 0 radical (unpaired) electrons. The van der Waals surface area contributed by atoms with E-state index in [1.807, 2.05) is 0 Å².